The van der Waals surface area contributed by atoms with Crippen molar-refractivity contribution in [2.24, 2.45) is 0 Å². The van der Waals surface area contributed by atoms with Gasteiger partial charge in [-0.2, -0.15) is 5.10 Å². The average molecular weight is 342 g/mol. The first-order chi connectivity index (χ1) is 12.0. The normalized spacial score (nSPS) is 18.0. The molecular weight excluding hydrogens is 316 g/mol. The van der Waals surface area contributed by atoms with Crippen molar-refractivity contribution in [2.75, 3.05) is 11.9 Å². The van der Waals surface area contributed by atoms with Crippen molar-refractivity contribution in [2.45, 2.75) is 58.5 Å². The summed E-state index contributed by atoms with van der Waals surface area (Å²) in [7, 11) is 0. The Morgan fingerprint density at radius 2 is 2.28 bits per heavy atom. The lowest BCUT2D eigenvalue weighted by atomic mass is 10.1. The molecule has 0 bridgehead atoms. The number of aryl methyl sites for hydroxylation is 2. The Labute approximate surface area is 148 Å². The number of anilines is 1. The first kappa shape index (κ1) is 17.5. The summed E-state index contributed by atoms with van der Waals surface area (Å²) in [5.74, 6) is 0.861. The van der Waals surface area contributed by atoms with Gasteiger partial charge in [0.2, 0.25) is 5.91 Å². The fraction of sp³-hybridized carbons (Fsp3) is 0.556. The van der Waals surface area contributed by atoms with E-state index in [0.29, 0.717) is 30.6 Å². The van der Waals surface area contributed by atoms with Crippen molar-refractivity contribution >= 4 is 11.6 Å². The smallest absolute Gasteiger partial charge is 0.224 e. The molecule has 1 fully saturated rings. The zero-order valence-electron chi connectivity index (χ0n) is 15.1. The fourth-order valence-electron chi connectivity index (χ4n) is 3.40. The number of carbonyl (C=O) groups is 1. The molecule has 1 aliphatic heterocycles. The lowest BCUT2D eigenvalue weighted by molar-refractivity contribution is -0.116. The van der Waals surface area contributed by atoms with Crippen molar-refractivity contribution in [1.29, 1.82) is 0 Å². The molecule has 3 heterocycles. The summed E-state index contributed by atoms with van der Waals surface area (Å²) in [6.45, 7) is 7.53. The second kappa shape index (κ2) is 7.74. The van der Waals surface area contributed by atoms with Gasteiger partial charge < -0.3 is 5.32 Å². The summed E-state index contributed by atoms with van der Waals surface area (Å²) in [5, 5.41) is 9.31. The van der Waals surface area contributed by atoms with E-state index in [0.717, 1.165) is 30.2 Å². The molecule has 134 valence electrons. The monoisotopic (exact) mass is 342 g/mol. The van der Waals surface area contributed by atoms with Crippen molar-refractivity contribution in [1.82, 2.24) is 25.1 Å². The van der Waals surface area contributed by atoms with Gasteiger partial charge in [-0.15, -0.1) is 0 Å². The highest BCUT2D eigenvalue weighted by Crippen LogP contribution is 2.31. The number of amides is 1. The third-order valence-corrected chi connectivity index (χ3v) is 4.57. The quantitative estimate of drug-likeness (QED) is 0.843. The Morgan fingerprint density at radius 3 is 3.00 bits per heavy atom. The number of hydrogen-bond donors (Lipinski definition) is 2. The molecular formula is C18H26N6O. The third-order valence-electron chi connectivity index (χ3n) is 4.57. The molecule has 1 amide bonds. The van der Waals surface area contributed by atoms with Gasteiger partial charge in [0.05, 0.1) is 17.9 Å². The third kappa shape index (κ3) is 4.42. The Kier molecular flexibility index (Phi) is 5.43. The van der Waals surface area contributed by atoms with E-state index < -0.39 is 0 Å². The van der Waals surface area contributed by atoms with E-state index in [9.17, 15) is 4.79 Å². The Morgan fingerprint density at radius 1 is 1.44 bits per heavy atom. The Balaban J connectivity index is 1.66. The second-order valence-electron chi connectivity index (χ2n) is 6.88. The zero-order chi connectivity index (χ0) is 17.8. The van der Waals surface area contributed by atoms with Crippen LogP contribution in [0.15, 0.2) is 18.5 Å². The van der Waals surface area contributed by atoms with Gasteiger partial charge in [-0.25, -0.2) is 9.97 Å². The maximum Gasteiger partial charge on any atom is 0.224 e. The molecule has 0 radical (unpaired) electrons. The first-order valence-electron chi connectivity index (χ1n) is 8.92. The number of hydrogen-bond acceptors (Lipinski definition) is 5. The number of rotatable bonds is 6. The van der Waals surface area contributed by atoms with E-state index in [1.807, 2.05) is 13.0 Å². The lowest BCUT2D eigenvalue weighted by Crippen LogP contribution is -2.31. The van der Waals surface area contributed by atoms with E-state index in [1.165, 1.54) is 6.42 Å². The number of carbonyl (C=O) groups excluding carboxylic acids is 1. The van der Waals surface area contributed by atoms with Crippen molar-refractivity contribution in [3.05, 3.63) is 35.7 Å². The molecule has 0 aliphatic carbocycles. The van der Waals surface area contributed by atoms with Crippen LogP contribution in [0.25, 0.3) is 0 Å². The van der Waals surface area contributed by atoms with Gasteiger partial charge in [-0.05, 0) is 52.6 Å². The number of nitrogens with one attached hydrogen (secondary N) is 2. The minimum Gasteiger partial charge on any atom is -0.323 e. The molecule has 1 saturated heterocycles. The van der Waals surface area contributed by atoms with Gasteiger partial charge in [0.25, 0.3) is 0 Å². The molecule has 1 aliphatic rings. The predicted octanol–water partition coefficient (Wildman–Crippen LogP) is 2.62. The van der Waals surface area contributed by atoms with Gasteiger partial charge in [-0.1, -0.05) is 0 Å². The highest BCUT2D eigenvalue weighted by atomic mass is 16.1. The van der Waals surface area contributed by atoms with Crippen LogP contribution in [0.4, 0.5) is 5.69 Å². The first-order valence-corrected chi connectivity index (χ1v) is 8.92. The van der Waals surface area contributed by atoms with Crippen LogP contribution in [0, 0.1) is 6.92 Å². The number of nitrogens with zero attached hydrogens (tertiary/aromatic N) is 4. The topological polar surface area (TPSA) is 86.8 Å². The number of aromatic nitrogens is 4. The summed E-state index contributed by atoms with van der Waals surface area (Å²) in [5.41, 5.74) is 2.58. The van der Waals surface area contributed by atoms with Crippen LogP contribution in [-0.2, 0) is 11.2 Å². The molecule has 3 rings (SSSR count). The molecule has 2 aromatic rings. The van der Waals surface area contributed by atoms with Crippen LogP contribution in [0.5, 0.6) is 0 Å². The van der Waals surface area contributed by atoms with E-state index in [-0.39, 0.29) is 5.91 Å². The van der Waals surface area contributed by atoms with Gasteiger partial charge >= 0.3 is 0 Å². The van der Waals surface area contributed by atoms with Crippen molar-refractivity contribution < 1.29 is 4.79 Å². The fourth-order valence-corrected chi connectivity index (χ4v) is 3.40. The molecule has 0 saturated carbocycles. The van der Waals surface area contributed by atoms with Crippen LogP contribution < -0.4 is 5.32 Å². The molecule has 0 spiro atoms. The molecule has 1 atom stereocenters. The lowest BCUT2D eigenvalue weighted by Gasteiger charge is -2.27. The van der Waals surface area contributed by atoms with E-state index in [4.69, 9.17) is 4.98 Å². The highest BCUT2D eigenvalue weighted by molar-refractivity contribution is 5.90. The van der Waals surface area contributed by atoms with Crippen LogP contribution in [0.2, 0.25) is 0 Å². The summed E-state index contributed by atoms with van der Waals surface area (Å²) < 4.78 is 0. The summed E-state index contributed by atoms with van der Waals surface area (Å²) in [6.07, 6.45) is 6.52. The van der Waals surface area contributed by atoms with Gasteiger partial charge in [0, 0.05) is 30.0 Å². The summed E-state index contributed by atoms with van der Waals surface area (Å²) in [4.78, 5) is 23.9. The van der Waals surface area contributed by atoms with Crippen LogP contribution in [-0.4, -0.2) is 43.6 Å². The maximum atomic E-state index is 12.0. The number of likely N-dealkylation sites (tertiary alicyclic amines) is 1. The van der Waals surface area contributed by atoms with Crippen LogP contribution in [0.1, 0.15) is 56.4 Å². The highest BCUT2D eigenvalue weighted by Gasteiger charge is 2.30. The maximum absolute atomic E-state index is 12.0. The number of aromatic amines is 1. The SMILES string of the molecule is Cc1cc(CCC(=O)Nc2cn[nH]c2)nc([C@H]2CCCN2C(C)C)n1. The molecule has 7 nitrogen and oxygen atoms in total. The predicted molar refractivity (Wildman–Crippen MR) is 96.1 cm³/mol. The largest absolute Gasteiger partial charge is 0.323 e. The average Bonchev–Trinajstić information content (AvgIpc) is 3.23. The minimum absolute atomic E-state index is 0.0381. The zero-order valence-corrected chi connectivity index (χ0v) is 15.1. The van der Waals surface area contributed by atoms with E-state index in [1.54, 1.807) is 12.4 Å². The van der Waals surface area contributed by atoms with E-state index in [2.05, 4.69) is 39.2 Å². The van der Waals surface area contributed by atoms with Gasteiger partial charge in [0.1, 0.15) is 5.82 Å². The minimum atomic E-state index is -0.0381. The second-order valence-corrected chi connectivity index (χ2v) is 6.88. The van der Waals surface area contributed by atoms with Crippen LogP contribution >= 0.6 is 0 Å². The van der Waals surface area contributed by atoms with Crippen molar-refractivity contribution in [3.63, 3.8) is 0 Å². The van der Waals surface area contributed by atoms with Crippen LogP contribution in [0.3, 0.4) is 0 Å². The van der Waals surface area contributed by atoms with E-state index >= 15 is 0 Å². The molecule has 7 heteroatoms. The number of H-pyrrole nitrogens is 1. The molecule has 2 N–H and O–H groups in total. The summed E-state index contributed by atoms with van der Waals surface area (Å²) in [6, 6.07) is 2.75. The Bertz CT molecular complexity index is 712. The molecule has 2 aromatic heterocycles. The summed E-state index contributed by atoms with van der Waals surface area (Å²) >= 11 is 0. The molecule has 25 heavy (non-hydrogen) atoms. The van der Waals surface area contributed by atoms with Gasteiger partial charge in [-0.3, -0.25) is 14.8 Å². The van der Waals surface area contributed by atoms with Crippen molar-refractivity contribution in [3.8, 4) is 0 Å². The molecule has 0 aromatic carbocycles. The van der Waals surface area contributed by atoms with Gasteiger partial charge in [0.15, 0.2) is 0 Å². The molecule has 0 unspecified atom stereocenters. The Hall–Kier alpha value is -2.28. The standard InChI is InChI=1S/C18H26N6O/c1-12(2)24-8-4-5-16(24)18-21-13(3)9-14(23-18)6-7-17(25)22-15-10-19-20-11-15/h9-12,16H,4-8H2,1-3H3,(H,19,20)(H,22,25)/t16-/m1/s1.